The lowest BCUT2D eigenvalue weighted by Crippen LogP contribution is -2.31. The molecule has 2 atom stereocenters. The second-order valence-corrected chi connectivity index (χ2v) is 7.86. The molecule has 1 aliphatic rings. The average Bonchev–Trinajstić information content (AvgIpc) is 3.46. The van der Waals surface area contributed by atoms with E-state index < -0.39 is 0 Å². The monoisotopic (exact) mass is 410 g/mol. The highest BCUT2D eigenvalue weighted by Gasteiger charge is 2.28. The van der Waals surface area contributed by atoms with E-state index in [1.54, 1.807) is 10.6 Å². The van der Waals surface area contributed by atoms with Gasteiger partial charge in [-0.05, 0) is 43.4 Å². The summed E-state index contributed by atoms with van der Waals surface area (Å²) < 4.78 is 1.66. The number of aryl methyl sites for hydroxylation is 1. The molecule has 0 saturated heterocycles. The van der Waals surface area contributed by atoms with Crippen molar-refractivity contribution in [3.63, 3.8) is 0 Å². The number of aromatic nitrogens is 4. The van der Waals surface area contributed by atoms with Crippen LogP contribution in [0.25, 0.3) is 5.78 Å². The van der Waals surface area contributed by atoms with Crippen LogP contribution < -0.4 is 16.4 Å². The summed E-state index contributed by atoms with van der Waals surface area (Å²) in [7, 11) is 0. The standard InChI is InChI=1S/C20H23ClN8/c1-12-9-18(24-11-16(23)13-5-6-13)29-20(25-12)27-19(28-29)26-17(7-8-22)14-3-2-4-15(21)10-14/h2-4,9-10,13,16-17,24H,5-7,11,23H2,1H3,(H,26,28)/t16-,17-/m1/s1. The largest absolute Gasteiger partial charge is 0.368 e. The number of anilines is 2. The molecule has 2 aromatic heterocycles. The molecule has 3 aromatic rings. The topological polar surface area (TPSA) is 117 Å². The van der Waals surface area contributed by atoms with E-state index in [0.29, 0.717) is 29.2 Å². The van der Waals surface area contributed by atoms with E-state index >= 15 is 0 Å². The Labute approximate surface area is 174 Å². The summed E-state index contributed by atoms with van der Waals surface area (Å²) >= 11 is 6.11. The number of benzene rings is 1. The van der Waals surface area contributed by atoms with Gasteiger partial charge in [-0.25, -0.2) is 4.98 Å². The Kier molecular flexibility index (Phi) is 5.51. The van der Waals surface area contributed by atoms with E-state index in [4.69, 9.17) is 17.3 Å². The molecule has 1 fully saturated rings. The van der Waals surface area contributed by atoms with Crippen LogP contribution in [0.3, 0.4) is 0 Å². The number of nitriles is 1. The van der Waals surface area contributed by atoms with Gasteiger partial charge in [-0.2, -0.15) is 14.8 Å². The molecule has 4 rings (SSSR count). The first-order valence-electron chi connectivity index (χ1n) is 9.66. The lowest BCUT2D eigenvalue weighted by atomic mass is 10.0. The van der Waals surface area contributed by atoms with Crippen molar-refractivity contribution in [1.82, 2.24) is 19.6 Å². The smallest absolute Gasteiger partial charge is 0.256 e. The minimum Gasteiger partial charge on any atom is -0.368 e. The van der Waals surface area contributed by atoms with E-state index in [0.717, 1.165) is 17.1 Å². The van der Waals surface area contributed by atoms with Gasteiger partial charge in [0, 0.05) is 29.4 Å². The molecule has 1 aromatic carbocycles. The van der Waals surface area contributed by atoms with Crippen LogP contribution in [0, 0.1) is 24.2 Å². The Morgan fingerprint density at radius 1 is 1.34 bits per heavy atom. The second-order valence-electron chi connectivity index (χ2n) is 7.43. The normalized spacial score (nSPS) is 15.7. The third-order valence-corrected chi connectivity index (χ3v) is 5.27. The molecule has 0 spiro atoms. The Morgan fingerprint density at radius 3 is 2.90 bits per heavy atom. The van der Waals surface area contributed by atoms with Gasteiger partial charge in [0.15, 0.2) is 0 Å². The number of nitrogens with zero attached hydrogens (tertiary/aromatic N) is 5. The number of halogens is 1. The first kappa shape index (κ1) is 19.4. The lowest BCUT2D eigenvalue weighted by molar-refractivity contribution is 0.618. The number of rotatable bonds is 8. The molecule has 2 heterocycles. The molecule has 0 aliphatic heterocycles. The molecule has 8 nitrogen and oxygen atoms in total. The van der Waals surface area contributed by atoms with Crippen molar-refractivity contribution in [1.29, 1.82) is 5.26 Å². The summed E-state index contributed by atoms with van der Waals surface area (Å²) in [6.07, 6.45) is 2.66. The van der Waals surface area contributed by atoms with Crippen molar-refractivity contribution >= 4 is 29.1 Å². The molecule has 150 valence electrons. The van der Waals surface area contributed by atoms with Gasteiger partial charge in [0.2, 0.25) is 5.95 Å². The van der Waals surface area contributed by atoms with Gasteiger partial charge >= 0.3 is 0 Å². The molecule has 0 radical (unpaired) electrons. The van der Waals surface area contributed by atoms with Gasteiger partial charge in [-0.1, -0.05) is 23.7 Å². The molecule has 1 saturated carbocycles. The maximum Gasteiger partial charge on any atom is 0.256 e. The zero-order chi connectivity index (χ0) is 20.4. The van der Waals surface area contributed by atoms with Gasteiger partial charge in [0.1, 0.15) is 5.82 Å². The summed E-state index contributed by atoms with van der Waals surface area (Å²) in [6, 6.07) is 11.4. The quantitative estimate of drug-likeness (QED) is 0.521. The van der Waals surface area contributed by atoms with Gasteiger partial charge in [0.25, 0.3) is 5.78 Å². The first-order valence-corrected chi connectivity index (χ1v) is 10.0. The zero-order valence-corrected chi connectivity index (χ0v) is 16.9. The number of fused-ring (bicyclic) bond motifs is 1. The Morgan fingerprint density at radius 2 is 2.17 bits per heavy atom. The highest BCUT2D eigenvalue weighted by Crippen LogP contribution is 2.31. The van der Waals surface area contributed by atoms with Crippen molar-refractivity contribution in [3.05, 3.63) is 46.6 Å². The van der Waals surface area contributed by atoms with Gasteiger partial charge in [0.05, 0.1) is 18.5 Å². The molecular weight excluding hydrogens is 388 g/mol. The SMILES string of the molecule is Cc1cc(NC[C@@H](N)C2CC2)n2nc(N[C@H](CC#N)c3cccc(Cl)c3)nc2n1. The Bertz CT molecular complexity index is 1050. The van der Waals surface area contributed by atoms with E-state index in [1.165, 1.54) is 12.8 Å². The fraction of sp³-hybridized carbons (Fsp3) is 0.400. The first-order chi connectivity index (χ1) is 14.0. The van der Waals surface area contributed by atoms with E-state index in [1.807, 2.05) is 31.2 Å². The highest BCUT2D eigenvalue weighted by molar-refractivity contribution is 6.30. The Balaban J connectivity index is 1.58. The van der Waals surface area contributed by atoms with Gasteiger partial charge < -0.3 is 16.4 Å². The number of nitrogens with one attached hydrogen (secondary N) is 2. The van der Waals surface area contributed by atoms with Crippen LogP contribution >= 0.6 is 11.6 Å². The van der Waals surface area contributed by atoms with Crippen molar-refractivity contribution < 1.29 is 0 Å². The predicted molar refractivity (Wildman–Crippen MR) is 113 cm³/mol. The second kappa shape index (κ2) is 8.23. The van der Waals surface area contributed by atoms with E-state index in [9.17, 15) is 5.26 Å². The third-order valence-electron chi connectivity index (χ3n) is 5.04. The summed E-state index contributed by atoms with van der Waals surface area (Å²) in [6.45, 7) is 2.59. The minimum absolute atomic E-state index is 0.127. The fourth-order valence-corrected chi connectivity index (χ4v) is 3.51. The third kappa shape index (κ3) is 4.58. The predicted octanol–water partition coefficient (Wildman–Crippen LogP) is 3.30. The molecule has 0 bridgehead atoms. The fourth-order valence-electron chi connectivity index (χ4n) is 3.31. The van der Waals surface area contributed by atoms with Crippen molar-refractivity contribution in [3.8, 4) is 6.07 Å². The molecule has 29 heavy (non-hydrogen) atoms. The van der Waals surface area contributed by atoms with Crippen molar-refractivity contribution in [2.45, 2.75) is 38.3 Å². The summed E-state index contributed by atoms with van der Waals surface area (Å²) in [5, 5.41) is 21.0. The van der Waals surface area contributed by atoms with Crippen molar-refractivity contribution in [2.24, 2.45) is 11.7 Å². The molecule has 1 aliphatic carbocycles. The molecule has 9 heteroatoms. The maximum absolute atomic E-state index is 9.23. The van der Waals surface area contributed by atoms with Crippen molar-refractivity contribution in [2.75, 3.05) is 17.2 Å². The molecular formula is C20H23ClN8. The summed E-state index contributed by atoms with van der Waals surface area (Å²) in [5.41, 5.74) is 7.95. The molecule has 0 amide bonds. The van der Waals surface area contributed by atoms with Gasteiger partial charge in [-0.15, -0.1) is 5.10 Å². The van der Waals surface area contributed by atoms with E-state index in [-0.39, 0.29) is 18.5 Å². The van der Waals surface area contributed by atoms with Crippen LogP contribution in [0.2, 0.25) is 5.02 Å². The number of nitrogens with two attached hydrogens (primary N) is 1. The zero-order valence-electron chi connectivity index (χ0n) is 16.1. The van der Waals surface area contributed by atoms with Crippen LogP contribution in [0.1, 0.15) is 36.6 Å². The van der Waals surface area contributed by atoms with Crippen LogP contribution in [0.5, 0.6) is 0 Å². The maximum atomic E-state index is 9.23. The van der Waals surface area contributed by atoms with Crippen LogP contribution in [-0.4, -0.2) is 32.2 Å². The van der Waals surface area contributed by atoms with Crippen LogP contribution in [-0.2, 0) is 0 Å². The molecule has 0 unspecified atom stereocenters. The average molecular weight is 411 g/mol. The summed E-state index contributed by atoms with van der Waals surface area (Å²) in [4.78, 5) is 8.96. The Hall–Kier alpha value is -2.89. The lowest BCUT2D eigenvalue weighted by Gasteiger charge is -2.15. The molecule has 4 N–H and O–H groups in total. The van der Waals surface area contributed by atoms with Crippen LogP contribution in [0.4, 0.5) is 11.8 Å². The summed E-state index contributed by atoms with van der Waals surface area (Å²) in [5.74, 6) is 2.29. The number of hydrogen-bond donors (Lipinski definition) is 3. The minimum atomic E-state index is -0.281. The van der Waals surface area contributed by atoms with E-state index in [2.05, 4.69) is 31.8 Å². The van der Waals surface area contributed by atoms with Gasteiger partial charge in [-0.3, -0.25) is 0 Å². The number of hydrogen-bond acceptors (Lipinski definition) is 7. The van der Waals surface area contributed by atoms with Crippen LogP contribution in [0.15, 0.2) is 30.3 Å². The highest BCUT2D eigenvalue weighted by atomic mass is 35.5.